The summed E-state index contributed by atoms with van der Waals surface area (Å²) in [6.07, 6.45) is 0. The highest BCUT2D eigenvalue weighted by Gasteiger charge is 2.23. The van der Waals surface area contributed by atoms with Gasteiger partial charge in [-0.15, -0.1) is 0 Å². The van der Waals surface area contributed by atoms with Crippen molar-refractivity contribution in [1.82, 2.24) is 10.3 Å². The molecule has 0 saturated carbocycles. The lowest BCUT2D eigenvalue weighted by atomic mass is 9.94. The second kappa shape index (κ2) is 5.62. The van der Waals surface area contributed by atoms with Crippen LogP contribution in [0.4, 0.5) is 9.52 Å². The van der Waals surface area contributed by atoms with Crippen LogP contribution in [0.25, 0.3) is 10.2 Å². The Morgan fingerprint density at radius 2 is 1.91 bits per heavy atom. The number of hydrogen-bond acceptors (Lipinski definition) is 4. The highest BCUT2D eigenvalue weighted by atomic mass is 32.1. The lowest BCUT2D eigenvalue weighted by molar-refractivity contribution is 0.0912. The van der Waals surface area contributed by atoms with Crippen molar-refractivity contribution in [2.75, 3.05) is 5.73 Å². The molecule has 0 bridgehead atoms. The Kier molecular flexibility index (Phi) is 3.77. The Bertz CT molecular complexity index is 871. The van der Waals surface area contributed by atoms with Crippen molar-refractivity contribution in [1.29, 1.82) is 0 Å². The lowest BCUT2D eigenvalue weighted by Gasteiger charge is -2.27. The van der Waals surface area contributed by atoms with E-state index in [1.165, 1.54) is 23.5 Å². The number of anilines is 1. The molecule has 118 valence electrons. The average molecular weight is 329 g/mol. The Morgan fingerprint density at radius 3 is 2.61 bits per heavy atom. The zero-order valence-corrected chi connectivity index (χ0v) is 13.6. The number of carbonyl (C=O) groups is 1. The summed E-state index contributed by atoms with van der Waals surface area (Å²) in [5.74, 6) is -0.502. The fourth-order valence-corrected chi connectivity index (χ4v) is 3.15. The number of halogens is 1. The summed E-state index contributed by atoms with van der Waals surface area (Å²) in [5, 5.41) is 3.45. The van der Waals surface area contributed by atoms with Gasteiger partial charge in [0.05, 0.1) is 15.8 Å². The molecule has 0 radical (unpaired) electrons. The minimum atomic E-state index is -0.619. The predicted molar refractivity (Wildman–Crippen MR) is 90.9 cm³/mol. The van der Waals surface area contributed by atoms with E-state index in [-0.39, 0.29) is 11.7 Å². The molecule has 1 amide bonds. The van der Waals surface area contributed by atoms with Crippen LogP contribution in [0.15, 0.2) is 42.5 Å². The Hall–Kier alpha value is -2.47. The monoisotopic (exact) mass is 329 g/mol. The SMILES string of the molecule is CC(C)(NC(=O)c1ccc2nc(N)sc2c1)c1ccc(F)cc1. The van der Waals surface area contributed by atoms with Crippen molar-refractivity contribution in [2.24, 2.45) is 0 Å². The Labute approximate surface area is 137 Å². The molecule has 0 aliphatic carbocycles. The summed E-state index contributed by atoms with van der Waals surface area (Å²) < 4.78 is 13.9. The lowest BCUT2D eigenvalue weighted by Crippen LogP contribution is -2.40. The molecule has 6 heteroatoms. The van der Waals surface area contributed by atoms with Gasteiger partial charge in [0.2, 0.25) is 0 Å². The van der Waals surface area contributed by atoms with E-state index in [1.54, 1.807) is 30.3 Å². The first-order chi connectivity index (χ1) is 10.8. The Balaban J connectivity index is 1.85. The molecule has 0 atom stereocenters. The number of nitrogens with zero attached hydrogens (tertiary/aromatic N) is 1. The van der Waals surface area contributed by atoms with E-state index in [4.69, 9.17) is 5.73 Å². The molecular weight excluding hydrogens is 313 g/mol. The first kappa shape index (κ1) is 15.4. The maximum Gasteiger partial charge on any atom is 0.252 e. The quantitative estimate of drug-likeness (QED) is 0.770. The molecule has 0 aliphatic heterocycles. The molecule has 1 aromatic heterocycles. The van der Waals surface area contributed by atoms with E-state index in [9.17, 15) is 9.18 Å². The topological polar surface area (TPSA) is 68.0 Å². The van der Waals surface area contributed by atoms with Crippen LogP contribution in [0.3, 0.4) is 0 Å². The van der Waals surface area contributed by atoms with E-state index < -0.39 is 5.54 Å². The minimum Gasteiger partial charge on any atom is -0.375 e. The second-order valence-corrected chi connectivity index (χ2v) is 6.88. The molecule has 3 aromatic rings. The van der Waals surface area contributed by atoms with Crippen molar-refractivity contribution in [3.05, 3.63) is 59.4 Å². The molecule has 3 rings (SSSR count). The highest BCUT2D eigenvalue weighted by Crippen LogP contribution is 2.26. The van der Waals surface area contributed by atoms with Gasteiger partial charge in [-0.2, -0.15) is 0 Å². The summed E-state index contributed by atoms with van der Waals surface area (Å²) in [5.41, 5.74) is 7.21. The van der Waals surface area contributed by atoms with Gasteiger partial charge in [-0.25, -0.2) is 9.37 Å². The molecule has 3 N–H and O–H groups in total. The van der Waals surface area contributed by atoms with E-state index >= 15 is 0 Å². The number of aromatic nitrogens is 1. The van der Waals surface area contributed by atoms with E-state index in [1.807, 2.05) is 13.8 Å². The Morgan fingerprint density at radius 1 is 1.22 bits per heavy atom. The van der Waals surface area contributed by atoms with Crippen LogP contribution in [0, 0.1) is 5.82 Å². The maximum atomic E-state index is 13.1. The van der Waals surface area contributed by atoms with E-state index in [0.717, 1.165) is 15.8 Å². The molecule has 2 aromatic carbocycles. The molecule has 0 spiro atoms. The standard InChI is InChI=1S/C17H16FN3OS/c1-17(2,11-4-6-12(18)7-5-11)21-15(22)10-3-8-13-14(9-10)23-16(19)20-13/h3-9H,1-2H3,(H2,19,20)(H,21,22). The van der Waals surface area contributed by atoms with Gasteiger partial charge in [0, 0.05) is 5.56 Å². The number of nitrogen functional groups attached to an aromatic ring is 1. The van der Waals surface area contributed by atoms with Gasteiger partial charge in [0.25, 0.3) is 5.91 Å². The van der Waals surface area contributed by atoms with Crippen molar-refractivity contribution in [2.45, 2.75) is 19.4 Å². The van der Waals surface area contributed by atoms with Crippen molar-refractivity contribution in [3.8, 4) is 0 Å². The number of thiazole rings is 1. The molecular formula is C17H16FN3OS. The fraction of sp³-hybridized carbons (Fsp3) is 0.176. The summed E-state index contributed by atoms with van der Waals surface area (Å²) in [4.78, 5) is 16.7. The molecule has 23 heavy (non-hydrogen) atoms. The first-order valence-electron chi connectivity index (χ1n) is 7.10. The maximum absolute atomic E-state index is 13.1. The summed E-state index contributed by atoms with van der Waals surface area (Å²) in [7, 11) is 0. The predicted octanol–water partition coefficient (Wildman–Crippen LogP) is 3.68. The zero-order chi connectivity index (χ0) is 16.6. The third-order valence-electron chi connectivity index (χ3n) is 3.66. The van der Waals surface area contributed by atoms with Gasteiger partial charge in [-0.1, -0.05) is 23.5 Å². The average Bonchev–Trinajstić information content (AvgIpc) is 2.86. The van der Waals surface area contributed by atoms with Crippen LogP contribution in [0.2, 0.25) is 0 Å². The molecule has 0 saturated heterocycles. The number of carbonyl (C=O) groups excluding carboxylic acids is 1. The van der Waals surface area contributed by atoms with Gasteiger partial charge in [0.1, 0.15) is 5.82 Å². The van der Waals surface area contributed by atoms with Gasteiger partial charge in [-0.3, -0.25) is 4.79 Å². The number of fused-ring (bicyclic) bond motifs is 1. The zero-order valence-electron chi connectivity index (χ0n) is 12.8. The van der Waals surface area contributed by atoms with Crippen LogP contribution in [-0.2, 0) is 5.54 Å². The highest BCUT2D eigenvalue weighted by molar-refractivity contribution is 7.22. The number of rotatable bonds is 3. The van der Waals surface area contributed by atoms with Crippen LogP contribution < -0.4 is 11.1 Å². The van der Waals surface area contributed by atoms with E-state index in [0.29, 0.717) is 10.7 Å². The summed E-state index contributed by atoms with van der Waals surface area (Å²) in [6.45, 7) is 3.75. The number of hydrogen-bond donors (Lipinski definition) is 2. The van der Waals surface area contributed by atoms with Gasteiger partial charge >= 0.3 is 0 Å². The van der Waals surface area contributed by atoms with Crippen LogP contribution in [0.5, 0.6) is 0 Å². The van der Waals surface area contributed by atoms with Crippen molar-refractivity contribution >= 4 is 32.6 Å². The van der Waals surface area contributed by atoms with Crippen LogP contribution in [0.1, 0.15) is 29.8 Å². The summed E-state index contributed by atoms with van der Waals surface area (Å²) >= 11 is 1.34. The molecule has 1 heterocycles. The van der Waals surface area contributed by atoms with Crippen LogP contribution >= 0.6 is 11.3 Å². The molecule has 0 unspecified atom stereocenters. The molecule has 0 fully saturated rings. The molecule has 0 aliphatic rings. The van der Waals surface area contributed by atoms with Gasteiger partial charge in [-0.05, 0) is 49.7 Å². The third-order valence-corrected chi connectivity index (χ3v) is 4.51. The number of benzene rings is 2. The number of amides is 1. The summed E-state index contributed by atoms with van der Waals surface area (Å²) in [6, 6.07) is 11.4. The van der Waals surface area contributed by atoms with Crippen molar-refractivity contribution in [3.63, 3.8) is 0 Å². The normalized spacial score (nSPS) is 11.6. The number of nitrogens with one attached hydrogen (secondary N) is 1. The fourth-order valence-electron chi connectivity index (χ4n) is 2.38. The second-order valence-electron chi connectivity index (χ2n) is 5.82. The smallest absolute Gasteiger partial charge is 0.252 e. The minimum absolute atomic E-state index is 0.201. The van der Waals surface area contributed by atoms with Gasteiger partial charge < -0.3 is 11.1 Å². The van der Waals surface area contributed by atoms with E-state index in [2.05, 4.69) is 10.3 Å². The largest absolute Gasteiger partial charge is 0.375 e. The third kappa shape index (κ3) is 3.17. The molecule has 4 nitrogen and oxygen atoms in total. The van der Waals surface area contributed by atoms with Crippen molar-refractivity contribution < 1.29 is 9.18 Å². The van der Waals surface area contributed by atoms with Gasteiger partial charge in [0.15, 0.2) is 5.13 Å². The first-order valence-corrected chi connectivity index (χ1v) is 7.91. The van der Waals surface area contributed by atoms with Crippen LogP contribution in [-0.4, -0.2) is 10.9 Å². The number of nitrogens with two attached hydrogens (primary N) is 1.